The Balaban J connectivity index is 3.37. The van der Waals surface area contributed by atoms with E-state index in [-0.39, 0.29) is 18.5 Å². The topological polar surface area (TPSA) is 95.9 Å². The van der Waals surface area contributed by atoms with Gasteiger partial charge in [0.15, 0.2) is 0 Å². The van der Waals surface area contributed by atoms with Crippen LogP contribution in [0, 0.1) is 0 Å². The monoisotopic (exact) mass is 1290 g/mol. The molecule has 0 radical (unpaired) electrons. The molecule has 2 unspecified atom stereocenters. The van der Waals surface area contributed by atoms with Crippen molar-refractivity contribution in [3.8, 4) is 0 Å². The smallest absolute Gasteiger partial charge is 0.305 e. The van der Waals surface area contributed by atoms with E-state index in [0.29, 0.717) is 19.4 Å². The second kappa shape index (κ2) is 81.2. The molecule has 0 saturated heterocycles. The third-order valence-corrected chi connectivity index (χ3v) is 19.6. The number of amides is 1. The first kappa shape index (κ1) is 89.8. The van der Waals surface area contributed by atoms with Crippen LogP contribution in [0.3, 0.4) is 0 Å². The second-order valence-corrected chi connectivity index (χ2v) is 28.8. The minimum Gasteiger partial charge on any atom is -0.466 e. The van der Waals surface area contributed by atoms with Crippen molar-refractivity contribution < 1.29 is 24.5 Å². The molecule has 6 nitrogen and oxygen atoms in total. The predicted octanol–water partition coefficient (Wildman–Crippen LogP) is 27.9. The lowest BCUT2D eigenvalue weighted by molar-refractivity contribution is -0.143. The van der Waals surface area contributed by atoms with E-state index in [0.717, 1.165) is 51.4 Å². The molecule has 0 bridgehead atoms. The summed E-state index contributed by atoms with van der Waals surface area (Å²) in [5.41, 5.74) is 0. The zero-order chi connectivity index (χ0) is 66.3. The van der Waals surface area contributed by atoms with E-state index in [2.05, 4.69) is 55.6 Å². The molecule has 0 aromatic heterocycles. The summed E-state index contributed by atoms with van der Waals surface area (Å²) in [4.78, 5) is 24.6. The van der Waals surface area contributed by atoms with Gasteiger partial charge in [-0.3, -0.25) is 9.59 Å². The molecular formula is C86H163NO5. The average molecular weight is 1290 g/mol. The Kier molecular flexibility index (Phi) is 79.3. The van der Waals surface area contributed by atoms with Crippen LogP contribution in [0.15, 0.2) is 48.6 Å². The fraction of sp³-hybridized carbons (Fsp3) is 0.884. The quantitative estimate of drug-likeness (QED) is 0.0320. The molecule has 1 amide bonds. The summed E-state index contributed by atoms with van der Waals surface area (Å²) in [7, 11) is 0. The van der Waals surface area contributed by atoms with E-state index < -0.39 is 12.1 Å². The normalized spacial score (nSPS) is 12.7. The van der Waals surface area contributed by atoms with Gasteiger partial charge in [-0.2, -0.15) is 0 Å². The van der Waals surface area contributed by atoms with Gasteiger partial charge in [-0.25, -0.2) is 0 Å². The van der Waals surface area contributed by atoms with Gasteiger partial charge in [0.05, 0.1) is 25.4 Å². The van der Waals surface area contributed by atoms with Gasteiger partial charge in [0.25, 0.3) is 0 Å². The minimum absolute atomic E-state index is 0.0128. The number of esters is 1. The molecule has 0 saturated carbocycles. The van der Waals surface area contributed by atoms with E-state index in [9.17, 15) is 19.8 Å². The maximum absolute atomic E-state index is 12.5. The van der Waals surface area contributed by atoms with Crippen LogP contribution in [0.1, 0.15) is 463 Å². The Labute approximate surface area is 576 Å². The van der Waals surface area contributed by atoms with E-state index in [1.54, 1.807) is 6.08 Å². The number of aliphatic hydroxyl groups excluding tert-OH is 2. The highest BCUT2D eigenvalue weighted by Crippen LogP contribution is 2.20. The van der Waals surface area contributed by atoms with Crippen LogP contribution in [0.25, 0.3) is 0 Å². The zero-order valence-corrected chi connectivity index (χ0v) is 62.3. The van der Waals surface area contributed by atoms with Crippen LogP contribution in [0.2, 0.25) is 0 Å². The molecule has 0 aliphatic heterocycles. The lowest BCUT2D eigenvalue weighted by Crippen LogP contribution is -2.45. The molecule has 542 valence electrons. The average Bonchev–Trinajstić information content (AvgIpc) is 3.76. The number of carbonyl (C=O) groups excluding carboxylic acids is 2. The van der Waals surface area contributed by atoms with Gasteiger partial charge in [-0.05, 0) is 89.9 Å². The first-order valence-corrected chi connectivity index (χ1v) is 41.9. The number of hydrogen-bond acceptors (Lipinski definition) is 5. The van der Waals surface area contributed by atoms with Crippen LogP contribution in [-0.4, -0.2) is 47.4 Å². The van der Waals surface area contributed by atoms with Crippen LogP contribution in [-0.2, 0) is 14.3 Å². The first-order chi connectivity index (χ1) is 45.5. The predicted molar refractivity (Wildman–Crippen MR) is 407 cm³/mol. The summed E-state index contributed by atoms with van der Waals surface area (Å²) < 4.78 is 5.50. The molecule has 0 aliphatic rings. The fourth-order valence-electron chi connectivity index (χ4n) is 13.2. The number of rotatable bonds is 79. The molecule has 0 fully saturated rings. The highest BCUT2D eigenvalue weighted by Gasteiger charge is 2.18. The second-order valence-electron chi connectivity index (χ2n) is 28.8. The molecule has 0 aliphatic carbocycles. The van der Waals surface area contributed by atoms with Crippen molar-refractivity contribution in [1.29, 1.82) is 0 Å². The Morgan fingerprint density at radius 3 is 0.837 bits per heavy atom. The van der Waals surface area contributed by atoms with Crippen LogP contribution in [0.4, 0.5) is 0 Å². The maximum atomic E-state index is 12.5. The first-order valence-electron chi connectivity index (χ1n) is 41.9. The van der Waals surface area contributed by atoms with E-state index in [1.165, 1.54) is 385 Å². The number of unbranched alkanes of at least 4 members (excludes halogenated alkanes) is 62. The highest BCUT2D eigenvalue weighted by atomic mass is 16.5. The number of carbonyl (C=O) groups is 2. The Morgan fingerprint density at radius 1 is 0.304 bits per heavy atom. The van der Waals surface area contributed by atoms with Crippen molar-refractivity contribution >= 4 is 11.9 Å². The molecule has 0 aromatic carbocycles. The molecule has 0 spiro atoms. The summed E-state index contributed by atoms with van der Waals surface area (Å²) >= 11 is 0. The summed E-state index contributed by atoms with van der Waals surface area (Å²) in [5.74, 6) is -0.0477. The summed E-state index contributed by atoms with van der Waals surface area (Å²) in [5, 5.41) is 23.3. The number of aliphatic hydroxyl groups is 2. The van der Waals surface area contributed by atoms with Crippen molar-refractivity contribution in [1.82, 2.24) is 5.32 Å². The van der Waals surface area contributed by atoms with Gasteiger partial charge < -0.3 is 20.3 Å². The number of nitrogens with one attached hydrogen (secondary N) is 1. The summed E-state index contributed by atoms with van der Waals surface area (Å²) in [6.07, 6.45) is 108. The molecule has 3 N–H and O–H groups in total. The van der Waals surface area contributed by atoms with Crippen molar-refractivity contribution in [2.24, 2.45) is 0 Å². The molecular weight excluding hydrogens is 1130 g/mol. The van der Waals surface area contributed by atoms with E-state index >= 15 is 0 Å². The SMILES string of the molecule is CCCCCCCC/C=C\CCCCCCCC(=O)OCCCCCCCCCCCCCCCCC/C=C\C/C=C\CCCCCCCCCCCCCCCCCCCC(=O)NC(CO)C(O)/C=C/CCCCCCCCCCCCCCCCCCCCC. The Morgan fingerprint density at radius 2 is 0.543 bits per heavy atom. The van der Waals surface area contributed by atoms with E-state index in [4.69, 9.17) is 4.74 Å². The van der Waals surface area contributed by atoms with Crippen LogP contribution < -0.4 is 5.32 Å². The van der Waals surface area contributed by atoms with Crippen LogP contribution in [0.5, 0.6) is 0 Å². The summed E-state index contributed by atoms with van der Waals surface area (Å²) in [6.45, 7) is 4.94. The van der Waals surface area contributed by atoms with Crippen molar-refractivity contribution in [3.05, 3.63) is 48.6 Å². The number of ether oxygens (including phenoxy) is 1. The van der Waals surface area contributed by atoms with Gasteiger partial charge in [-0.1, -0.05) is 409 Å². The van der Waals surface area contributed by atoms with Gasteiger partial charge in [0.2, 0.25) is 5.91 Å². The zero-order valence-electron chi connectivity index (χ0n) is 62.3. The van der Waals surface area contributed by atoms with Gasteiger partial charge in [-0.15, -0.1) is 0 Å². The summed E-state index contributed by atoms with van der Waals surface area (Å²) in [6, 6.07) is -0.627. The molecule has 2 atom stereocenters. The van der Waals surface area contributed by atoms with Gasteiger partial charge in [0.1, 0.15) is 0 Å². The number of hydrogen-bond donors (Lipinski definition) is 3. The molecule has 6 heteroatoms. The lowest BCUT2D eigenvalue weighted by atomic mass is 10.0. The largest absolute Gasteiger partial charge is 0.466 e. The highest BCUT2D eigenvalue weighted by molar-refractivity contribution is 5.76. The van der Waals surface area contributed by atoms with Gasteiger partial charge >= 0.3 is 5.97 Å². The third kappa shape index (κ3) is 76.8. The Hall–Kier alpha value is -2.18. The number of allylic oxidation sites excluding steroid dienone is 7. The maximum Gasteiger partial charge on any atom is 0.305 e. The molecule has 0 rings (SSSR count). The van der Waals surface area contributed by atoms with Crippen LogP contribution >= 0.6 is 0 Å². The lowest BCUT2D eigenvalue weighted by Gasteiger charge is -2.20. The third-order valence-electron chi connectivity index (χ3n) is 19.6. The minimum atomic E-state index is -0.844. The van der Waals surface area contributed by atoms with Gasteiger partial charge in [0, 0.05) is 12.8 Å². The van der Waals surface area contributed by atoms with Crippen molar-refractivity contribution in [2.75, 3.05) is 13.2 Å². The molecule has 0 heterocycles. The van der Waals surface area contributed by atoms with Crippen molar-refractivity contribution in [3.63, 3.8) is 0 Å². The van der Waals surface area contributed by atoms with Crippen molar-refractivity contribution in [2.45, 2.75) is 475 Å². The standard InChI is InChI=1S/C86H163NO5/c1-3-5-7-9-11-13-15-17-19-20-21-41-44-47-51-54-58-62-66-70-74-78-84(89)83(82-88)87-85(90)79-75-71-67-63-59-55-52-48-45-42-39-37-35-33-31-29-27-25-23-22-24-26-28-30-32-34-36-38-40-43-46-49-53-57-61-65-69-73-77-81-92-86(91)80-76-72-68-64-60-56-50-18-16-14-12-10-8-6-4-2/h18,22-23,26,28,50,74,78,83-84,88-89H,3-17,19-21,24-25,27,29-49,51-73,75-77,79-82H2,1-2H3,(H,87,90)/b23-22-,28-26-,50-18-,78-74+. The Bertz CT molecular complexity index is 1540. The molecule has 0 aromatic rings. The molecule has 92 heavy (non-hydrogen) atoms. The fourth-order valence-corrected chi connectivity index (χ4v) is 13.2. The van der Waals surface area contributed by atoms with E-state index in [1.807, 2.05) is 6.08 Å².